The van der Waals surface area contributed by atoms with Crippen molar-refractivity contribution in [2.75, 3.05) is 5.32 Å². The quantitative estimate of drug-likeness (QED) is 0.898. The van der Waals surface area contributed by atoms with E-state index >= 15 is 0 Å². The topological polar surface area (TPSA) is 55.1 Å². The van der Waals surface area contributed by atoms with Crippen molar-refractivity contribution in [1.29, 1.82) is 0 Å². The van der Waals surface area contributed by atoms with Crippen LogP contribution in [-0.4, -0.2) is 5.91 Å². The Balaban J connectivity index is 2.37. The van der Waals surface area contributed by atoms with Gasteiger partial charge in [-0.1, -0.05) is 29.8 Å². The fourth-order valence-electron chi connectivity index (χ4n) is 2.12. The molecule has 0 aliphatic carbocycles. The second-order valence-electron chi connectivity index (χ2n) is 4.85. The minimum Gasteiger partial charge on any atom is -0.370 e. The van der Waals surface area contributed by atoms with Gasteiger partial charge in [0.1, 0.15) is 11.9 Å². The summed E-state index contributed by atoms with van der Waals surface area (Å²) in [4.78, 5) is 11.7. The largest absolute Gasteiger partial charge is 0.370 e. The number of carbonyl (C=O) groups excluding carboxylic acids is 1. The molecule has 0 bridgehead atoms. The summed E-state index contributed by atoms with van der Waals surface area (Å²) < 4.78 is 13.2. The smallest absolute Gasteiger partial charge is 0.244 e. The monoisotopic (exact) mass is 272 g/mol. The molecule has 1 atom stereocenters. The van der Waals surface area contributed by atoms with Gasteiger partial charge in [0.25, 0.3) is 0 Å². The Morgan fingerprint density at radius 1 is 1.20 bits per heavy atom. The first-order valence-electron chi connectivity index (χ1n) is 6.36. The first-order chi connectivity index (χ1) is 9.47. The number of hydrogen-bond acceptors (Lipinski definition) is 2. The first-order valence-corrected chi connectivity index (χ1v) is 6.36. The summed E-state index contributed by atoms with van der Waals surface area (Å²) in [5, 5.41) is 2.99. The van der Waals surface area contributed by atoms with Crippen molar-refractivity contribution in [3.8, 4) is 0 Å². The zero-order valence-electron chi connectivity index (χ0n) is 11.5. The number of carbonyl (C=O) groups is 1. The summed E-state index contributed by atoms with van der Waals surface area (Å²) in [5.41, 5.74) is 8.81. The van der Waals surface area contributed by atoms with Crippen molar-refractivity contribution in [2.45, 2.75) is 19.9 Å². The predicted octanol–water partition coefficient (Wildman–Crippen LogP) is 3.08. The molecule has 0 aliphatic rings. The van der Waals surface area contributed by atoms with Crippen molar-refractivity contribution in [3.05, 3.63) is 65.0 Å². The van der Waals surface area contributed by atoms with Gasteiger partial charge in [-0.2, -0.15) is 0 Å². The Morgan fingerprint density at radius 3 is 2.60 bits per heavy atom. The van der Waals surface area contributed by atoms with E-state index in [4.69, 9.17) is 5.73 Å². The molecule has 0 heterocycles. The SMILES string of the molecule is Cc1ccc(C)c(C(Nc2cccc(F)c2)C(N)=O)c1. The lowest BCUT2D eigenvalue weighted by Gasteiger charge is -2.19. The van der Waals surface area contributed by atoms with E-state index in [9.17, 15) is 9.18 Å². The Labute approximate surface area is 117 Å². The van der Waals surface area contributed by atoms with E-state index in [-0.39, 0.29) is 5.82 Å². The third-order valence-corrected chi connectivity index (χ3v) is 3.17. The van der Waals surface area contributed by atoms with Crippen molar-refractivity contribution < 1.29 is 9.18 Å². The van der Waals surface area contributed by atoms with Crippen LogP contribution in [0.15, 0.2) is 42.5 Å². The lowest BCUT2D eigenvalue weighted by atomic mass is 9.98. The minimum atomic E-state index is -0.684. The second kappa shape index (κ2) is 5.74. The van der Waals surface area contributed by atoms with Gasteiger partial charge in [-0.05, 0) is 43.2 Å². The number of nitrogens with one attached hydrogen (secondary N) is 1. The van der Waals surface area contributed by atoms with Gasteiger partial charge in [0.2, 0.25) is 5.91 Å². The van der Waals surface area contributed by atoms with E-state index in [0.29, 0.717) is 5.69 Å². The van der Waals surface area contributed by atoms with E-state index in [1.807, 2.05) is 32.0 Å². The second-order valence-corrected chi connectivity index (χ2v) is 4.85. The van der Waals surface area contributed by atoms with Crippen molar-refractivity contribution in [3.63, 3.8) is 0 Å². The molecule has 104 valence electrons. The zero-order valence-corrected chi connectivity index (χ0v) is 11.5. The van der Waals surface area contributed by atoms with Crippen LogP contribution < -0.4 is 11.1 Å². The Morgan fingerprint density at radius 2 is 1.95 bits per heavy atom. The van der Waals surface area contributed by atoms with Crippen LogP contribution in [0, 0.1) is 19.7 Å². The van der Waals surface area contributed by atoms with Gasteiger partial charge in [0.05, 0.1) is 0 Å². The maximum atomic E-state index is 13.2. The van der Waals surface area contributed by atoms with Crippen LogP contribution in [0.1, 0.15) is 22.7 Å². The summed E-state index contributed by atoms with van der Waals surface area (Å²) >= 11 is 0. The molecule has 0 saturated carbocycles. The predicted molar refractivity (Wildman–Crippen MR) is 77.9 cm³/mol. The Hall–Kier alpha value is -2.36. The van der Waals surface area contributed by atoms with E-state index in [1.54, 1.807) is 12.1 Å². The molecular weight excluding hydrogens is 255 g/mol. The maximum absolute atomic E-state index is 13.2. The van der Waals surface area contributed by atoms with Gasteiger partial charge in [0.15, 0.2) is 0 Å². The number of primary amides is 1. The highest BCUT2D eigenvalue weighted by atomic mass is 19.1. The molecule has 2 rings (SSSR count). The molecular formula is C16H17FN2O. The molecule has 4 heteroatoms. The standard InChI is InChI=1S/C16H17FN2O/c1-10-6-7-11(2)14(8-10)15(16(18)20)19-13-5-3-4-12(17)9-13/h3-9,15,19H,1-2H3,(H2,18,20). The summed E-state index contributed by atoms with van der Waals surface area (Å²) in [6, 6.07) is 11.1. The van der Waals surface area contributed by atoms with E-state index < -0.39 is 11.9 Å². The number of rotatable bonds is 4. The molecule has 0 aliphatic heterocycles. The average molecular weight is 272 g/mol. The summed E-state index contributed by atoms with van der Waals surface area (Å²) in [6.07, 6.45) is 0. The number of benzene rings is 2. The average Bonchev–Trinajstić information content (AvgIpc) is 2.39. The van der Waals surface area contributed by atoms with Crippen molar-refractivity contribution in [1.82, 2.24) is 0 Å². The lowest BCUT2D eigenvalue weighted by Crippen LogP contribution is -2.28. The van der Waals surface area contributed by atoms with Crippen LogP contribution in [0.2, 0.25) is 0 Å². The number of amides is 1. The minimum absolute atomic E-state index is 0.362. The highest BCUT2D eigenvalue weighted by Gasteiger charge is 2.19. The molecule has 0 fully saturated rings. The van der Waals surface area contributed by atoms with Crippen LogP contribution in [0.3, 0.4) is 0 Å². The fourth-order valence-corrected chi connectivity index (χ4v) is 2.12. The van der Waals surface area contributed by atoms with Gasteiger partial charge in [-0.15, -0.1) is 0 Å². The lowest BCUT2D eigenvalue weighted by molar-refractivity contribution is -0.118. The summed E-state index contributed by atoms with van der Waals surface area (Å²) in [7, 11) is 0. The number of aryl methyl sites for hydroxylation is 2. The number of hydrogen-bond donors (Lipinski definition) is 2. The molecule has 0 radical (unpaired) electrons. The first kappa shape index (κ1) is 14.1. The van der Waals surface area contributed by atoms with Crippen molar-refractivity contribution in [2.24, 2.45) is 5.73 Å². The van der Waals surface area contributed by atoms with E-state index in [2.05, 4.69) is 5.32 Å². The van der Waals surface area contributed by atoms with Gasteiger partial charge in [-0.25, -0.2) is 4.39 Å². The normalized spacial score (nSPS) is 11.9. The van der Waals surface area contributed by atoms with Gasteiger partial charge in [0, 0.05) is 5.69 Å². The molecule has 0 spiro atoms. The molecule has 20 heavy (non-hydrogen) atoms. The van der Waals surface area contributed by atoms with Crippen LogP contribution in [0.4, 0.5) is 10.1 Å². The fraction of sp³-hybridized carbons (Fsp3) is 0.188. The Kier molecular flexibility index (Phi) is 4.03. The molecule has 2 aromatic carbocycles. The van der Waals surface area contributed by atoms with Gasteiger partial charge < -0.3 is 11.1 Å². The zero-order chi connectivity index (χ0) is 14.7. The number of anilines is 1. The molecule has 3 nitrogen and oxygen atoms in total. The molecule has 2 aromatic rings. The van der Waals surface area contributed by atoms with E-state index in [0.717, 1.165) is 16.7 Å². The third kappa shape index (κ3) is 3.15. The molecule has 0 aromatic heterocycles. The molecule has 3 N–H and O–H groups in total. The Bertz CT molecular complexity index is 640. The van der Waals surface area contributed by atoms with Crippen molar-refractivity contribution >= 4 is 11.6 Å². The summed E-state index contributed by atoms with van der Waals surface area (Å²) in [6.45, 7) is 3.86. The number of halogens is 1. The number of nitrogens with two attached hydrogens (primary N) is 1. The highest BCUT2D eigenvalue weighted by Crippen LogP contribution is 2.24. The van der Waals surface area contributed by atoms with Crippen LogP contribution in [0.5, 0.6) is 0 Å². The van der Waals surface area contributed by atoms with E-state index in [1.165, 1.54) is 12.1 Å². The van der Waals surface area contributed by atoms with Gasteiger partial charge in [-0.3, -0.25) is 4.79 Å². The molecule has 1 amide bonds. The highest BCUT2D eigenvalue weighted by molar-refractivity contribution is 5.85. The molecule has 1 unspecified atom stereocenters. The maximum Gasteiger partial charge on any atom is 0.244 e. The summed E-state index contributed by atoms with van der Waals surface area (Å²) in [5.74, 6) is -0.859. The van der Waals surface area contributed by atoms with Gasteiger partial charge >= 0.3 is 0 Å². The third-order valence-electron chi connectivity index (χ3n) is 3.17. The molecule has 0 saturated heterocycles. The van der Waals surface area contributed by atoms with Crippen LogP contribution >= 0.6 is 0 Å². The van der Waals surface area contributed by atoms with Crippen LogP contribution in [-0.2, 0) is 4.79 Å². The van der Waals surface area contributed by atoms with Crippen LogP contribution in [0.25, 0.3) is 0 Å².